The molecule has 0 aliphatic carbocycles. The van der Waals surface area contributed by atoms with Crippen LogP contribution in [-0.4, -0.2) is 38.5 Å². The van der Waals surface area contributed by atoms with E-state index in [0.717, 1.165) is 28.8 Å². The van der Waals surface area contributed by atoms with Crippen molar-refractivity contribution in [3.8, 4) is 28.4 Å². The Kier molecular flexibility index (Phi) is 6.58. The largest absolute Gasteiger partial charge is 0.504 e. The van der Waals surface area contributed by atoms with E-state index in [2.05, 4.69) is 0 Å². The lowest BCUT2D eigenvalue weighted by molar-refractivity contribution is 0.0752. The number of phenols is 3. The van der Waals surface area contributed by atoms with E-state index in [-0.39, 0.29) is 17.2 Å². The number of carbonyl (C=O) groups excluding carboxylic acids is 2. The molecule has 0 unspecified atom stereocenters. The number of benzene rings is 4. The SMILES string of the molecule is CCN(Cc1ccccc1)C(=O)c1ccc(-c2ccc3oc(C(=O)c4cc(O)c(O)c(O)c4)cc3c2)cc1. The molecule has 1 aromatic heterocycles. The molecule has 3 N–H and O–H groups in total. The number of carbonyl (C=O) groups is 2. The van der Waals surface area contributed by atoms with Gasteiger partial charge in [0.15, 0.2) is 23.0 Å². The molecule has 0 saturated heterocycles. The number of aromatic hydroxyl groups is 3. The first kappa shape index (κ1) is 24.6. The van der Waals surface area contributed by atoms with Crippen molar-refractivity contribution in [3.05, 3.63) is 113 Å². The highest BCUT2D eigenvalue weighted by molar-refractivity contribution is 6.09. The van der Waals surface area contributed by atoms with Crippen molar-refractivity contribution in [2.45, 2.75) is 13.5 Å². The lowest BCUT2D eigenvalue weighted by atomic mass is 10.0. The smallest absolute Gasteiger partial charge is 0.254 e. The normalized spacial score (nSPS) is 11.0. The molecule has 5 rings (SSSR count). The summed E-state index contributed by atoms with van der Waals surface area (Å²) in [5.74, 6) is -2.45. The molecule has 0 saturated carbocycles. The van der Waals surface area contributed by atoms with Crippen LogP contribution in [-0.2, 0) is 6.54 Å². The van der Waals surface area contributed by atoms with Gasteiger partial charge in [0.25, 0.3) is 5.91 Å². The fourth-order valence-corrected chi connectivity index (χ4v) is 4.33. The zero-order valence-electron chi connectivity index (χ0n) is 20.6. The summed E-state index contributed by atoms with van der Waals surface area (Å²) in [6, 6.07) is 26.5. The second kappa shape index (κ2) is 10.1. The predicted molar refractivity (Wildman–Crippen MR) is 143 cm³/mol. The zero-order valence-corrected chi connectivity index (χ0v) is 20.6. The molecule has 7 nitrogen and oxygen atoms in total. The van der Waals surface area contributed by atoms with Crippen molar-refractivity contribution in [2.75, 3.05) is 6.54 Å². The number of hydrogen-bond donors (Lipinski definition) is 3. The molecular formula is C31H25NO6. The number of phenolic OH excluding ortho intramolecular Hbond substituents is 3. The van der Waals surface area contributed by atoms with Crippen LogP contribution in [0.5, 0.6) is 17.2 Å². The van der Waals surface area contributed by atoms with E-state index in [1.165, 1.54) is 0 Å². The summed E-state index contributed by atoms with van der Waals surface area (Å²) in [4.78, 5) is 27.7. The third-order valence-corrected chi connectivity index (χ3v) is 6.42. The number of amides is 1. The maximum atomic E-state index is 13.1. The Labute approximate surface area is 218 Å². The van der Waals surface area contributed by atoms with Gasteiger partial charge in [-0.15, -0.1) is 0 Å². The summed E-state index contributed by atoms with van der Waals surface area (Å²) in [6.45, 7) is 3.10. The molecule has 0 radical (unpaired) electrons. The number of fused-ring (bicyclic) bond motifs is 1. The van der Waals surface area contributed by atoms with E-state index >= 15 is 0 Å². The summed E-state index contributed by atoms with van der Waals surface area (Å²) >= 11 is 0. The highest BCUT2D eigenvalue weighted by Gasteiger charge is 2.19. The number of nitrogens with zero attached hydrogens (tertiary/aromatic N) is 1. The average molecular weight is 508 g/mol. The zero-order chi connectivity index (χ0) is 26.8. The van der Waals surface area contributed by atoms with Crippen LogP contribution in [0.1, 0.15) is 39.0 Å². The first-order valence-corrected chi connectivity index (χ1v) is 12.1. The molecule has 7 heteroatoms. The highest BCUT2D eigenvalue weighted by Crippen LogP contribution is 2.36. The van der Waals surface area contributed by atoms with Crippen LogP contribution in [0, 0.1) is 0 Å². The van der Waals surface area contributed by atoms with Crippen LogP contribution in [0.2, 0.25) is 0 Å². The standard InChI is InChI=1S/C31H25NO6/c1-2-32(18-19-6-4-3-5-7-19)31(37)21-10-8-20(9-11-21)22-12-13-27-23(14-22)17-28(38-27)29(35)24-15-25(33)30(36)26(34)16-24/h3-17,33-34,36H,2,18H2,1H3. The molecule has 5 aromatic rings. The Morgan fingerprint density at radius 1 is 0.763 bits per heavy atom. The van der Waals surface area contributed by atoms with Crippen LogP contribution < -0.4 is 0 Å². The molecule has 0 bridgehead atoms. The monoisotopic (exact) mass is 507 g/mol. The van der Waals surface area contributed by atoms with Crippen molar-refractivity contribution in [1.29, 1.82) is 0 Å². The molecule has 38 heavy (non-hydrogen) atoms. The van der Waals surface area contributed by atoms with Crippen molar-refractivity contribution >= 4 is 22.7 Å². The Bertz CT molecular complexity index is 1610. The van der Waals surface area contributed by atoms with Gasteiger partial charge in [-0.3, -0.25) is 9.59 Å². The van der Waals surface area contributed by atoms with Gasteiger partial charge >= 0.3 is 0 Å². The van der Waals surface area contributed by atoms with Crippen LogP contribution >= 0.6 is 0 Å². The van der Waals surface area contributed by atoms with Gasteiger partial charge in [0.05, 0.1) is 0 Å². The minimum absolute atomic E-state index is 0.0225. The van der Waals surface area contributed by atoms with E-state index in [9.17, 15) is 24.9 Å². The third-order valence-electron chi connectivity index (χ3n) is 6.42. The van der Waals surface area contributed by atoms with Gasteiger partial charge in [-0.25, -0.2) is 0 Å². The topological polar surface area (TPSA) is 111 Å². The lowest BCUT2D eigenvalue weighted by Crippen LogP contribution is -2.30. The fourth-order valence-electron chi connectivity index (χ4n) is 4.33. The van der Waals surface area contributed by atoms with Crippen molar-refractivity contribution in [2.24, 2.45) is 0 Å². The molecule has 0 fully saturated rings. The second-order valence-electron chi connectivity index (χ2n) is 8.94. The summed E-state index contributed by atoms with van der Waals surface area (Å²) in [7, 11) is 0. The maximum absolute atomic E-state index is 13.1. The van der Waals surface area contributed by atoms with Crippen LogP contribution in [0.4, 0.5) is 0 Å². The third kappa shape index (κ3) is 4.82. The Hall–Kier alpha value is -5.04. The Morgan fingerprint density at radius 2 is 1.42 bits per heavy atom. The molecule has 0 spiro atoms. The quantitative estimate of drug-likeness (QED) is 0.181. The number of hydrogen-bond acceptors (Lipinski definition) is 6. The molecule has 4 aromatic carbocycles. The first-order valence-electron chi connectivity index (χ1n) is 12.1. The van der Waals surface area contributed by atoms with E-state index in [4.69, 9.17) is 4.42 Å². The number of furan rings is 1. The second-order valence-corrected chi connectivity index (χ2v) is 8.94. The average Bonchev–Trinajstić information content (AvgIpc) is 3.38. The molecule has 1 heterocycles. The van der Waals surface area contributed by atoms with Crippen molar-refractivity contribution in [3.63, 3.8) is 0 Å². The summed E-state index contributed by atoms with van der Waals surface area (Å²) < 4.78 is 5.70. The molecule has 190 valence electrons. The number of ketones is 1. The van der Waals surface area contributed by atoms with Gasteiger partial charge in [-0.2, -0.15) is 0 Å². The maximum Gasteiger partial charge on any atom is 0.254 e. The molecule has 0 aliphatic rings. The Balaban J connectivity index is 1.36. The van der Waals surface area contributed by atoms with Crippen molar-refractivity contribution in [1.82, 2.24) is 4.90 Å². The molecule has 0 atom stereocenters. The Morgan fingerprint density at radius 3 is 2.08 bits per heavy atom. The highest BCUT2D eigenvalue weighted by atomic mass is 16.3. The summed E-state index contributed by atoms with van der Waals surface area (Å²) in [5, 5.41) is 29.7. The van der Waals surface area contributed by atoms with Crippen LogP contribution in [0.15, 0.2) is 95.4 Å². The minimum atomic E-state index is -0.692. The predicted octanol–water partition coefficient (Wildman–Crippen LogP) is 6.11. The van der Waals surface area contributed by atoms with Gasteiger partial charge in [0.2, 0.25) is 5.78 Å². The molecular weight excluding hydrogens is 482 g/mol. The van der Waals surface area contributed by atoms with E-state index in [0.29, 0.717) is 29.6 Å². The minimum Gasteiger partial charge on any atom is -0.504 e. The molecule has 0 aliphatic heterocycles. The van der Waals surface area contributed by atoms with Gasteiger partial charge in [-0.1, -0.05) is 48.5 Å². The number of rotatable bonds is 7. The van der Waals surface area contributed by atoms with Gasteiger partial charge < -0.3 is 24.6 Å². The van der Waals surface area contributed by atoms with Gasteiger partial charge in [0, 0.05) is 29.6 Å². The molecule has 1 amide bonds. The summed E-state index contributed by atoms with van der Waals surface area (Å²) in [5.41, 5.74) is 3.93. The van der Waals surface area contributed by atoms with Crippen LogP contribution in [0.3, 0.4) is 0 Å². The van der Waals surface area contributed by atoms with E-state index in [1.807, 2.05) is 73.7 Å². The summed E-state index contributed by atoms with van der Waals surface area (Å²) in [6.07, 6.45) is 0. The van der Waals surface area contributed by atoms with E-state index < -0.39 is 23.0 Å². The van der Waals surface area contributed by atoms with Gasteiger partial charge in [0.1, 0.15) is 5.58 Å². The lowest BCUT2D eigenvalue weighted by Gasteiger charge is -2.21. The van der Waals surface area contributed by atoms with Crippen molar-refractivity contribution < 1.29 is 29.3 Å². The first-order chi connectivity index (χ1) is 18.3. The van der Waals surface area contributed by atoms with Gasteiger partial charge in [-0.05, 0) is 66.1 Å². The fraction of sp³-hybridized carbons (Fsp3) is 0.0968. The van der Waals surface area contributed by atoms with Crippen LogP contribution in [0.25, 0.3) is 22.1 Å². The van der Waals surface area contributed by atoms with E-state index in [1.54, 1.807) is 17.0 Å².